The molecule has 0 aliphatic carbocycles. The van der Waals surface area contributed by atoms with Gasteiger partial charge in [-0.25, -0.2) is 0 Å². The molecule has 2 aromatic carbocycles. The van der Waals surface area contributed by atoms with Crippen LogP contribution in [0.15, 0.2) is 47.6 Å². The van der Waals surface area contributed by atoms with E-state index in [1.807, 2.05) is 48.6 Å². The smallest absolute Gasteiger partial charge is 0.126 e. The van der Waals surface area contributed by atoms with Crippen LogP contribution < -0.4 is 4.74 Å². The van der Waals surface area contributed by atoms with Crippen molar-refractivity contribution in [3.8, 4) is 5.75 Å². The van der Waals surface area contributed by atoms with Crippen LogP contribution in [0.25, 0.3) is 27.3 Å². The molecule has 0 aliphatic heterocycles. The lowest BCUT2D eigenvalue weighted by Gasteiger charge is -2.07. The molecule has 0 saturated heterocycles. The second-order valence-electron chi connectivity index (χ2n) is 3.72. The normalized spacial score (nSPS) is 10.5. The summed E-state index contributed by atoms with van der Waals surface area (Å²) in [6.45, 7) is 0.358. The fourth-order valence-corrected chi connectivity index (χ4v) is 1.88. The lowest BCUT2D eigenvalue weighted by atomic mass is 10.0. The van der Waals surface area contributed by atoms with E-state index >= 15 is 0 Å². The van der Waals surface area contributed by atoms with Crippen molar-refractivity contribution in [1.82, 2.24) is 0 Å². The summed E-state index contributed by atoms with van der Waals surface area (Å²) in [5, 5.41) is 5.66. The SMILES string of the molecule is COc1ccc(C=CCN=[N+]=[N-])c2ccccc12. The molecule has 4 heteroatoms. The van der Waals surface area contributed by atoms with Gasteiger partial charge in [0, 0.05) is 16.8 Å². The summed E-state index contributed by atoms with van der Waals surface area (Å²) in [5.74, 6) is 0.859. The average Bonchev–Trinajstić information content (AvgIpc) is 2.43. The Bertz CT molecular complexity index is 628. The summed E-state index contributed by atoms with van der Waals surface area (Å²) in [5.41, 5.74) is 9.29. The van der Waals surface area contributed by atoms with Crippen molar-refractivity contribution in [3.05, 3.63) is 58.5 Å². The third kappa shape index (κ3) is 2.44. The molecule has 0 aromatic heterocycles. The van der Waals surface area contributed by atoms with E-state index in [9.17, 15) is 0 Å². The second-order valence-corrected chi connectivity index (χ2v) is 3.72. The molecular formula is C14H13N3O. The fraction of sp³-hybridized carbons (Fsp3) is 0.143. The van der Waals surface area contributed by atoms with Crippen molar-refractivity contribution in [2.24, 2.45) is 5.11 Å². The van der Waals surface area contributed by atoms with Gasteiger partial charge in [0.15, 0.2) is 0 Å². The van der Waals surface area contributed by atoms with Crippen LogP contribution in [0.3, 0.4) is 0 Å². The summed E-state index contributed by atoms with van der Waals surface area (Å²) in [6.07, 6.45) is 3.80. The highest BCUT2D eigenvalue weighted by Crippen LogP contribution is 2.28. The van der Waals surface area contributed by atoms with Gasteiger partial charge in [0.2, 0.25) is 0 Å². The first-order valence-electron chi connectivity index (χ1n) is 5.60. The molecular weight excluding hydrogens is 226 g/mol. The summed E-state index contributed by atoms with van der Waals surface area (Å²) in [4.78, 5) is 2.71. The monoisotopic (exact) mass is 239 g/mol. The first-order valence-corrected chi connectivity index (χ1v) is 5.60. The van der Waals surface area contributed by atoms with Gasteiger partial charge in [-0.1, -0.05) is 47.6 Å². The van der Waals surface area contributed by atoms with Crippen LogP contribution in [-0.2, 0) is 0 Å². The molecule has 0 radical (unpaired) electrons. The van der Waals surface area contributed by atoms with Gasteiger partial charge in [-0.05, 0) is 22.5 Å². The van der Waals surface area contributed by atoms with E-state index in [1.165, 1.54) is 0 Å². The Kier molecular flexibility index (Phi) is 3.84. The number of rotatable bonds is 4. The summed E-state index contributed by atoms with van der Waals surface area (Å²) in [7, 11) is 1.67. The average molecular weight is 239 g/mol. The molecule has 0 unspecified atom stereocenters. The zero-order chi connectivity index (χ0) is 12.8. The van der Waals surface area contributed by atoms with Gasteiger partial charge < -0.3 is 4.74 Å². The third-order valence-electron chi connectivity index (χ3n) is 2.69. The van der Waals surface area contributed by atoms with Gasteiger partial charge in [0.1, 0.15) is 5.75 Å². The van der Waals surface area contributed by atoms with Crippen LogP contribution in [-0.4, -0.2) is 13.7 Å². The van der Waals surface area contributed by atoms with Crippen LogP contribution in [0.5, 0.6) is 5.75 Å². The highest BCUT2D eigenvalue weighted by Gasteiger charge is 2.03. The fourth-order valence-electron chi connectivity index (χ4n) is 1.88. The topological polar surface area (TPSA) is 58.0 Å². The van der Waals surface area contributed by atoms with Gasteiger partial charge in [-0.2, -0.15) is 0 Å². The third-order valence-corrected chi connectivity index (χ3v) is 2.69. The molecule has 0 amide bonds. The number of benzene rings is 2. The van der Waals surface area contributed by atoms with Gasteiger partial charge in [-0.3, -0.25) is 0 Å². The minimum atomic E-state index is 0.358. The summed E-state index contributed by atoms with van der Waals surface area (Å²) < 4.78 is 5.33. The van der Waals surface area contributed by atoms with Crippen molar-refractivity contribution in [2.75, 3.05) is 13.7 Å². The molecule has 90 valence electrons. The molecule has 0 bridgehead atoms. The van der Waals surface area contributed by atoms with Crippen molar-refractivity contribution in [1.29, 1.82) is 0 Å². The van der Waals surface area contributed by atoms with Gasteiger partial charge in [-0.15, -0.1) is 0 Å². The number of hydrogen-bond acceptors (Lipinski definition) is 2. The van der Waals surface area contributed by atoms with Crippen LogP contribution in [0.4, 0.5) is 0 Å². The Morgan fingerprint density at radius 3 is 2.72 bits per heavy atom. The highest BCUT2D eigenvalue weighted by atomic mass is 16.5. The van der Waals surface area contributed by atoms with Gasteiger partial charge in [0.05, 0.1) is 7.11 Å². The minimum absolute atomic E-state index is 0.358. The maximum Gasteiger partial charge on any atom is 0.126 e. The molecule has 0 spiro atoms. The number of fused-ring (bicyclic) bond motifs is 1. The second kappa shape index (κ2) is 5.75. The first kappa shape index (κ1) is 12.0. The quantitative estimate of drug-likeness (QED) is 0.448. The van der Waals surface area contributed by atoms with Crippen molar-refractivity contribution >= 4 is 16.8 Å². The van der Waals surface area contributed by atoms with Crippen LogP contribution in [0.2, 0.25) is 0 Å². The Labute approximate surface area is 105 Å². The Hall–Kier alpha value is -2.45. The van der Waals surface area contributed by atoms with E-state index in [2.05, 4.69) is 10.0 Å². The van der Waals surface area contributed by atoms with Gasteiger partial charge >= 0.3 is 0 Å². The minimum Gasteiger partial charge on any atom is -0.496 e. The predicted octanol–water partition coefficient (Wildman–Crippen LogP) is 4.17. The lowest BCUT2D eigenvalue weighted by Crippen LogP contribution is -1.86. The molecule has 0 heterocycles. The molecule has 0 saturated carbocycles. The molecule has 0 aliphatic rings. The molecule has 18 heavy (non-hydrogen) atoms. The Morgan fingerprint density at radius 1 is 1.22 bits per heavy atom. The Morgan fingerprint density at radius 2 is 2.00 bits per heavy atom. The maximum absolute atomic E-state index is 8.21. The van der Waals surface area contributed by atoms with Crippen molar-refractivity contribution in [3.63, 3.8) is 0 Å². The number of ether oxygens (including phenoxy) is 1. The standard InChI is InChI=1S/C14H13N3O/c1-18-14-9-8-11(5-4-10-16-17-15)12-6-2-3-7-13(12)14/h2-9H,10H2,1H3. The molecule has 0 fully saturated rings. The van der Waals surface area contributed by atoms with E-state index in [1.54, 1.807) is 7.11 Å². The first-order chi connectivity index (χ1) is 8.86. The van der Waals surface area contributed by atoms with E-state index in [0.717, 1.165) is 22.1 Å². The summed E-state index contributed by atoms with van der Waals surface area (Å²) in [6, 6.07) is 12.0. The van der Waals surface area contributed by atoms with E-state index < -0.39 is 0 Å². The number of nitrogens with zero attached hydrogens (tertiary/aromatic N) is 3. The zero-order valence-corrected chi connectivity index (χ0v) is 10.1. The zero-order valence-electron chi connectivity index (χ0n) is 10.1. The predicted molar refractivity (Wildman–Crippen MR) is 73.5 cm³/mol. The van der Waals surface area contributed by atoms with Crippen LogP contribution >= 0.6 is 0 Å². The van der Waals surface area contributed by atoms with E-state index in [0.29, 0.717) is 6.54 Å². The molecule has 2 aromatic rings. The lowest BCUT2D eigenvalue weighted by molar-refractivity contribution is 0.420. The van der Waals surface area contributed by atoms with Crippen LogP contribution in [0, 0.1) is 0 Å². The van der Waals surface area contributed by atoms with Gasteiger partial charge in [0.25, 0.3) is 0 Å². The highest BCUT2D eigenvalue weighted by molar-refractivity contribution is 5.94. The number of methoxy groups -OCH3 is 1. The molecule has 0 atom stereocenters. The summed E-state index contributed by atoms with van der Waals surface area (Å²) >= 11 is 0. The van der Waals surface area contributed by atoms with E-state index in [-0.39, 0.29) is 0 Å². The number of azide groups is 1. The van der Waals surface area contributed by atoms with Crippen molar-refractivity contribution in [2.45, 2.75) is 0 Å². The molecule has 0 N–H and O–H groups in total. The Balaban J connectivity index is 2.46. The largest absolute Gasteiger partial charge is 0.496 e. The molecule has 4 nitrogen and oxygen atoms in total. The van der Waals surface area contributed by atoms with Crippen molar-refractivity contribution < 1.29 is 4.74 Å². The molecule has 2 rings (SSSR count). The maximum atomic E-state index is 8.21. The van der Waals surface area contributed by atoms with E-state index in [4.69, 9.17) is 10.3 Å². The van der Waals surface area contributed by atoms with Crippen LogP contribution in [0.1, 0.15) is 5.56 Å². The number of hydrogen-bond donors (Lipinski definition) is 0.